The van der Waals surface area contributed by atoms with E-state index in [1.165, 1.54) is 0 Å². The maximum absolute atomic E-state index is 12.6. The fraction of sp³-hybridized carbons (Fsp3) is 0.579. The van der Waals surface area contributed by atoms with Crippen molar-refractivity contribution < 1.29 is 9.53 Å². The van der Waals surface area contributed by atoms with Crippen molar-refractivity contribution in [2.75, 3.05) is 26.3 Å². The Morgan fingerprint density at radius 2 is 2.27 bits per heavy atom. The predicted octanol–water partition coefficient (Wildman–Crippen LogP) is 1.79. The molecule has 0 bridgehead atoms. The van der Waals surface area contributed by atoms with Crippen LogP contribution in [0.5, 0.6) is 0 Å². The third-order valence-electron chi connectivity index (χ3n) is 4.70. The van der Waals surface area contributed by atoms with E-state index in [-0.39, 0.29) is 11.8 Å². The molecule has 0 aromatic carbocycles. The summed E-state index contributed by atoms with van der Waals surface area (Å²) in [4.78, 5) is 22.8. The van der Waals surface area contributed by atoms with Crippen LogP contribution in [-0.2, 0) is 22.5 Å². The molecule has 0 radical (unpaired) electrons. The van der Waals surface area contributed by atoms with Crippen LogP contribution in [-0.4, -0.2) is 56.9 Å². The molecule has 1 fully saturated rings. The van der Waals surface area contributed by atoms with Crippen LogP contribution < -0.4 is 0 Å². The standard InChI is InChI=1S/C19H27N5O2/c1-15-10-16(2)24(22-15)7-3-4-19(25)23-8-9-26-13-17(12-23)11-18-5-6-20-14-21-18/h5-6,10,14,17H,3-4,7-9,11-13H2,1-2H3. The summed E-state index contributed by atoms with van der Waals surface area (Å²) in [6, 6.07) is 3.98. The SMILES string of the molecule is Cc1cc(C)n(CCCC(=O)N2CCOCC(Cc3ccncn3)C2)n1. The number of aryl methyl sites for hydroxylation is 3. The topological polar surface area (TPSA) is 73.1 Å². The Kier molecular flexibility index (Phi) is 6.33. The Morgan fingerprint density at radius 1 is 1.38 bits per heavy atom. The van der Waals surface area contributed by atoms with Crippen LogP contribution in [0.25, 0.3) is 0 Å². The number of carbonyl (C=O) groups is 1. The summed E-state index contributed by atoms with van der Waals surface area (Å²) in [5.74, 6) is 0.470. The van der Waals surface area contributed by atoms with Gasteiger partial charge in [-0.25, -0.2) is 9.97 Å². The first-order chi connectivity index (χ1) is 12.6. The lowest BCUT2D eigenvalue weighted by atomic mass is 10.0. The predicted molar refractivity (Wildman–Crippen MR) is 97.6 cm³/mol. The van der Waals surface area contributed by atoms with E-state index in [1.807, 2.05) is 29.5 Å². The van der Waals surface area contributed by atoms with E-state index in [0.717, 1.165) is 43.0 Å². The van der Waals surface area contributed by atoms with E-state index in [0.29, 0.717) is 26.2 Å². The van der Waals surface area contributed by atoms with Crippen molar-refractivity contribution in [1.82, 2.24) is 24.6 Å². The molecule has 140 valence electrons. The lowest BCUT2D eigenvalue weighted by Crippen LogP contribution is -2.36. The van der Waals surface area contributed by atoms with Crippen LogP contribution in [0.3, 0.4) is 0 Å². The van der Waals surface area contributed by atoms with Crippen LogP contribution >= 0.6 is 0 Å². The Bertz CT molecular complexity index is 716. The summed E-state index contributed by atoms with van der Waals surface area (Å²) in [6.07, 6.45) is 5.46. The highest BCUT2D eigenvalue weighted by molar-refractivity contribution is 5.76. The molecule has 0 saturated carbocycles. The molecule has 7 nitrogen and oxygen atoms in total. The fourth-order valence-corrected chi connectivity index (χ4v) is 3.40. The molecule has 2 aromatic heterocycles. The molecular formula is C19H27N5O2. The van der Waals surface area contributed by atoms with Crippen molar-refractivity contribution in [3.63, 3.8) is 0 Å². The van der Waals surface area contributed by atoms with Gasteiger partial charge in [0.05, 0.1) is 18.9 Å². The number of hydrogen-bond acceptors (Lipinski definition) is 5. The molecule has 7 heteroatoms. The third-order valence-corrected chi connectivity index (χ3v) is 4.70. The van der Waals surface area contributed by atoms with Gasteiger partial charge in [0.1, 0.15) is 6.33 Å². The molecule has 0 N–H and O–H groups in total. The number of rotatable bonds is 6. The van der Waals surface area contributed by atoms with E-state index in [1.54, 1.807) is 12.5 Å². The van der Waals surface area contributed by atoms with Crippen molar-refractivity contribution in [1.29, 1.82) is 0 Å². The fourth-order valence-electron chi connectivity index (χ4n) is 3.40. The number of amides is 1. The summed E-state index contributed by atoms with van der Waals surface area (Å²) in [6.45, 7) is 7.47. The normalized spacial score (nSPS) is 17.9. The zero-order valence-electron chi connectivity index (χ0n) is 15.6. The van der Waals surface area contributed by atoms with Gasteiger partial charge < -0.3 is 9.64 Å². The molecule has 3 heterocycles. The number of nitrogens with zero attached hydrogens (tertiary/aromatic N) is 5. The van der Waals surface area contributed by atoms with Crippen LogP contribution in [0.4, 0.5) is 0 Å². The van der Waals surface area contributed by atoms with Gasteiger partial charge >= 0.3 is 0 Å². The second-order valence-electron chi connectivity index (χ2n) is 6.94. The van der Waals surface area contributed by atoms with E-state index in [4.69, 9.17) is 4.74 Å². The van der Waals surface area contributed by atoms with Crippen molar-refractivity contribution in [2.24, 2.45) is 5.92 Å². The zero-order valence-corrected chi connectivity index (χ0v) is 15.6. The first-order valence-corrected chi connectivity index (χ1v) is 9.23. The van der Waals surface area contributed by atoms with Crippen LogP contribution in [0.2, 0.25) is 0 Å². The van der Waals surface area contributed by atoms with E-state index in [9.17, 15) is 4.79 Å². The van der Waals surface area contributed by atoms with Crippen LogP contribution in [0.1, 0.15) is 29.9 Å². The molecular weight excluding hydrogens is 330 g/mol. The summed E-state index contributed by atoms with van der Waals surface area (Å²) < 4.78 is 7.68. The lowest BCUT2D eigenvalue weighted by molar-refractivity contribution is -0.131. The Labute approximate surface area is 154 Å². The van der Waals surface area contributed by atoms with Crippen molar-refractivity contribution >= 4 is 5.91 Å². The van der Waals surface area contributed by atoms with Crippen molar-refractivity contribution in [3.05, 3.63) is 41.7 Å². The Morgan fingerprint density at radius 3 is 3.00 bits per heavy atom. The number of aromatic nitrogens is 4. The molecule has 0 spiro atoms. The van der Waals surface area contributed by atoms with E-state index >= 15 is 0 Å². The average Bonchev–Trinajstić information content (AvgIpc) is 2.82. The Balaban J connectivity index is 1.50. The van der Waals surface area contributed by atoms with Crippen molar-refractivity contribution in [2.45, 2.75) is 39.7 Å². The zero-order chi connectivity index (χ0) is 18.4. The quantitative estimate of drug-likeness (QED) is 0.788. The van der Waals surface area contributed by atoms with Gasteiger partial charge in [-0.3, -0.25) is 9.48 Å². The second-order valence-corrected chi connectivity index (χ2v) is 6.94. The van der Waals surface area contributed by atoms with Crippen LogP contribution in [0, 0.1) is 19.8 Å². The summed E-state index contributed by atoms with van der Waals surface area (Å²) in [5.41, 5.74) is 3.15. The highest BCUT2D eigenvalue weighted by atomic mass is 16.5. The maximum Gasteiger partial charge on any atom is 0.222 e. The largest absolute Gasteiger partial charge is 0.379 e. The minimum atomic E-state index is 0.199. The van der Waals surface area contributed by atoms with E-state index in [2.05, 4.69) is 21.1 Å². The highest BCUT2D eigenvalue weighted by Gasteiger charge is 2.22. The Hall–Kier alpha value is -2.28. The molecule has 1 aliphatic heterocycles. The van der Waals surface area contributed by atoms with Gasteiger partial charge in [0.15, 0.2) is 0 Å². The van der Waals surface area contributed by atoms with E-state index < -0.39 is 0 Å². The first kappa shape index (κ1) is 18.5. The highest BCUT2D eigenvalue weighted by Crippen LogP contribution is 2.14. The molecule has 2 aromatic rings. The first-order valence-electron chi connectivity index (χ1n) is 9.23. The van der Waals surface area contributed by atoms with Gasteiger partial charge in [0, 0.05) is 49.6 Å². The maximum atomic E-state index is 12.6. The molecule has 26 heavy (non-hydrogen) atoms. The van der Waals surface area contributed by atoms with Gasteiger partial charge in [-0.1, -0.05) is 0 Å². The monoisotopic (exact) mass is 357 g/mol. The summed E-state index contributed by atoms with van der Waals surface area (Å²) in [7, 11) is 0. The average molecular weight is 357 g/mol. The van der Waals surface area contributed by atoms with Gasteiger partial charge in [0.2, 0.25) is 5.91 Å². The van der Waals surface area contributed by atoms with Gasteiger partial charge in [0.25, 0.3) is 0 Å². The second kappa shape index (κ2) is 8.89. The lowest BCUT2D eigenvalue weighted by Gasteiger charge is -2.23. The smallest absolute Gasteiger partial charge is 0.222 e. The third kappa shape index (κ3) is 5.11. The number of carbonyl (C=O) groups excluding carboxylic acids is 1. The minimum Gasteiger partial charge on any atom is -0.379 e. The van der Waals surface area contributed by atoms with Crippen LogP contribution in [0.15, 0.2) is 24.7 Å². The number of ether oxygens (including phenoxy) is 1. The molecule has 1 unspecified atom stereocenters. The minimum absolute atomic E-state index is 0.199. The summed E-state index contributed by atoms with van der Waals surface area (Å²) >= 11 is 0. The molecule has 1 atom stereocenters. The molecule has 1 aliphatic rings. The number of hydrogen-bond donors (Lipinski definition) is 0. The molecule has 0 aliphatic carbocycles. The van der Waals surface area contributed by atoms with Gasteiger partial charge in [-0.05, 0) is 38.8 Å². The molecule has 3 rings (SSSR count). The molecule has 1 saturated heterocycles. The van der Waals surface area contributed by atoms with Gasteiger partial charge in [-0.15, -0.1) is 0 Å². The summed E-state index contributed by atoms with van der Waals surface area (Å²) in [5, 5.41) is 4.45. The van der Waals surface area contributed by atoms with Gasteiger partial charge in [-0.2, -0.15) is 5.10 Å². The van der Waals surface area contributed by atoms with Crippen molar-refractivity contribution in [3.8, 4) is 0 Å². The molecule has 1 amide bonds.